The number of carbonyl (C=O) groups excluding carboxylic acids is 3. The molecule has 9 heteroatoms. The fraction of sp³-hybridized carbons (Fsp3) is 0.528. The lowest BCUT2D eigenvalue weighted by Gasteiger charge is -2.55. The summed E-state index contributed by atoms with van der Waals surface area (Å²) < 4.78 is 18.6. The fourth-order valence-electron chi connectivity index (χ4n) is 6.53. The Bertz CT molecular complexity index is 1320. The number of ether oxygens (including phenoxy) is 3. The molecule has 1 unspecified atom stereocenters. The molecule has 2 heterocycles. The van der Waals surface area contributed by atoms with E-state index in [4.69, 9.17) is 14.2 Å². The van der Waals surface area contributed by atoms with E-state index in [-0.39, 0.29) is 18.9 Å². The van der Waals surface area contributed by atoms with Crippen molar-refractivity contribution in [3.63, 3.8) is 0 Å². The van der Waals surface area contributed by atoms with Crippen LogP contribution < -0.4 is 5.32 Å². The van der Waals surface area contributed by atoms with Crippen LogP contribution in [0.2, 0.25) is 25.7 Å². The van der Waals surface area contributed by atoms with Crippen molar-refractivity contribution >= 4 is 26.1 Å². The zero-order valence-corrected chi connectivity index (χ0v) is 28.7. The van der Waals surface area contributed by atoms with Crippen molar-refractivity contribution in [1.29, 1.82) is 0 Å². The Morgan fingerprint density at radius 1 is 1.04 bits per heavy atom. The van der Waals surface area contributed by atoms with Crippen molar-refractivity contribution in [2.75, 3.05) is 19.7 Å². The second-order valence-electron chi connectivity index (χ2n) is 14.4. The molecule has 244 valence electrons. The van der Waals surface area contributed by atoms with Crippen molar-refractivity contribution in [3.8, 4) is 0 Å². The highest BCUT2D eigenvalue weighted by Gasteiger charge is 2.65. The lowest BCUT2D eigenvalue weighted by atomic mass is 9.67. The molecule has 2 aliphatic heterocycles. The van der Waals surface area contributed by atoms with E-state index in [9.17, 15) is 14.4 Å². The molecule has 0 aliphatic carbocycles. The number of benzene rings is 2. The number of cyclic esters (lactones) is 1. The predicted molar refractivity (Wildman–Crippen MR) is 178 cm³/mol. The van der Waals surface area contributed by atoms with E-state index in [0.29, 0.717) is 25.9 Å². The van der Waals surface area contributed by atoms with E-state index in [1.807, 2.05) is 60.7 Å². The molecular weight excluding hydrogens is 584 g/mol. The molecule has 1 N–H and O–H groups in total. The summed E-state index contributed by atoms with van der Waals surface area (Å²) in [4.78, 5) is 45.5. The van der Waals surface area contributed by atoms with Crippen molar-refractivity contribution in [2.45, 2.75) is 89.0 Å². The van der Waals surface area contributed by atoms with E-state index >= 15 is 0 Å². The minimum Gasteiger partial charge on any atom is -0.466 e. The number of morpholine rings is 1. The van der Waals surface area contributed by atoms with Crippen molar-refractivity contribution in [3.05, 3.63) is 84.4 Å². The molecule has 0 spiro atoms. The molecule has 2 aromatic rings. The average Bonchev–Trinajstić information content (AvgIpc) is 2.98. The third kappa shape index (κ3) is 8.05. The SMILES string of the molecule is C=CC[C@]1(C(C(=O)OCC[Si](C)(C)C)C2CCNCC2)C(=O)O[C@H](c2ccccc2)[C@H](c2ccccc2)N1C(=O)OC(C)(C)C. The van der Waals surface area contributed by atoms with Gasteiger partial charge < -0.3 is 19.5 Å². The summed E-state index contributed by atoms with van der Waals surface area (Å²) in [5.74, 6) is -2.38. The van der Waals surface area contributed by atoms with E-state index in [0.717, 1.165) is 17.2 Å². The van der Waals surface area contributed by atoms with Crippen LogP contribution in [0, 0.1) is 11.8 Å². The van der Waals surface area contributed by atoms with Crippen LogP contribution in [-0.4, -0.2) is 61.8 Å². The molecule has 4 rings (SSSR count). The molecule has 2 aromatic carbocycles. The molecule has 8 nitrogen and oxygen atoms in total. The average molecular weight is 635 g/mol. The maximum atomic E-state index is 14.8. The molecule has 4 atom stereocenters. The van der Waals surface area contributed by atoms with Crippen LogP contribution in [0.25, 0.3) is 0 Å². The molecule has 1 amide bonds. The van der Waals surface area contributed by atoms with Gasteiger partial charge in [-0.15, -0.1) is 6.58 Å². The largest absolute Gasteiger partial charge is 0.466 e. The molecule has 0 saturated carbocycles. The Kier molecular flexibility index (Phi) is 11.0. The molecule has 0 radical (unpaired) electrons. The smallest absolute Gasteiger partial charge is 0.411 e. The van der Waals surface area contributed by atoms with Crippen LogP contribution in [0.4, 0.5) is 4.79 Å². The molecule has 2 aliphatic rings. The standard InChI is InChI=1S/C36H50N2O6Si/c1-8-21-36(29(26-19-22-37-23-20-26)32(39)42-24-25-45(5,6)7)33(40)43-31(28-17-13-10-14-18-28)30(27-15-11-9-12-16-27)38(36)34(41)44-35(2,3)4/h8-18,26,29-31,37H,1,19-25H2,2-7H3/t29?,30-,31+,36-/m0/s1. The molecule has 0 bridgehead atoms. The highest BCUT2D eigenvalue weighted by atomic mass is 28.3. The number of rotatable bonds is 10. The Morgan fingerprint density at radius 3 is 2.16 bits per heavy atom. The minimum absolute atomic E-state index is 0.00631. The van der Waals surface area contributed by atoms with Crippen molar-refractivity contribution < 1.29 is 28.6 Å². The monoisotopic (exact) mass is 634 g/mol. The second kappa shape index (κ2) is 14.3. The molecule has 2 saturated heterocycles. The maximum Gasteiger partial charge on any atom is 0.411 e. The van der Waals surface area contributed by atoms with Gasteiger partial charge in [0, 0.05) is 14.5 Å². The molecule has 45 heavy (non-hydrogen) atoms. The van der Waals surface area contributed by atoms with Crippen LogP contribution >= 0.6 is 0 Å². The summed E-state index contributed by atoms with van der Waals surface area (Å²) in [6, 6.07) is 18.9. The number of hydrogen-bond donors (Lipinski definition) is 1. The highest BCUT2D eigenvalue weighted by molar-refractivity contribution is 6.76. The van der Waals surface area contributed by atoms with Crippen LogP contribution in [0.15, 0.2) is 73.3 Å². The topological polar surface area (TPSA) is 94.2 Å². The summed E-state index contributed by atoms with van der Waals surface area (Å²) in [5, 5.41) is 3.37. The van der Waals surface area contributed by atoms with Gasteiger partial charge in [-0.25, -0.2) is 9.59 Å². The summed E-state index contributed by atoms with van der Waals surface area (Å²) in [6.07, 6.45) is 1.34. The van der Waals surface area contributed by atoms with Gasteiger partial charge in [-0.3, -0.25) is 9.69 Å². The summed E-state index contributed by atoms with van der Waals surface area (Å²) in [7, 11) is -1.52. The fourth-order valence-corrected chi connectivity index (χ4v) is 7.24. The lowest BCUT2D eigenvalue weighted by Crippen LogP contribution is -2.70. The van der Waals surface area contributed by atoms with Gasteiger partial charge in [0.1, 0.15) is 11.6 Å². The highest BCUT2D eigenvalue weighted by Crippen LogP contribution is 2.52. The van der Waals surface area contributed by atoms with Crippen LogP contribution in [0.5, 0.6) is 0 Å². The summed E-state index contributed by atoms with van der Waals surface area (Å²) in [5.41, 5.74) is -1.14. The first-order valence-corrected chi connectivity index (χ1v) is 19.8. The number of nitrogens with zero attached hydrogens (tertiary/aromatic N) is 1. The van der Waals surface area contributed by atoms with E-state index in [2.05, 4.69) is 31.5 Å². The second-order valence-corrected chi connectivity index (χ2v) is 20.0. The maximum absolute atomic E-state index is 14.8. The van der Waals surface area contributed by atoms with Crippen LogP contribution in [-0.2, 0) is 23.8 Å². The van der Waals surface area contributed by atoms with E-state index in [1.165, 1.54) is 4.90 Å². The Labute approximate surface area is 269 Å². The van der Waals surface area contributed by atoms with E-state index < -0.39 is 55.3 Å². The Morgan fingerprint density at radius 2 is 1.62 bits per heavy atom. The summed E-state index contributed by atoms with van der Waals surface area (Å²) in [6.45, 7) is 17.7. The van der Waals surface area contributed by atoms with Gasteiger partial charge in [-0.05, 0) is 69.8 Å². The number of nitrogens with one attached hydrogen (secondary N) is 1. The van der Waals surface area contributed by atoms with Gasteiger partial charge in [0.2, 0.25) is 0 Å². The molecule has 2 fully saturated rings. The first kappa shape index (κ1) is 34.4. The Hall–Kier alpha value is -3.43. The zero-order valence-electron chi connectivity index (χ0n) is 27.7. The van der Waals surface area contributed by atoms with Crippen molar-refractivity contribution in [2.24, 2.45) is 11.8 Å². The lowest BCUT2D eigenvalue weighted by molar-refractivity contribution is -0.203. The van der Waals surface area contributed by atoms with Crippen molar-refractivity contribution in [1.82, 2.24) is 10.2 Å². The number of piperidine rings is 1. The minimum atomic E-state index is -1.76. The third-order valence-electron chi connectivity index (χ3n) is 8.62. The summed E-state index contributed by atoms with van der Waals surface area (Å²) >= 11 is 0. The van der Waals surface area contributed by atoms with Gasteiger partial charge in [-0.2, -0.15) is 0 Å². The quantitative estimate of drug-likeness (QED) is 0.129. The van der Waals surface area contributed by atoms with Crippen LogP contribution in [0.1, 0.15) is 63.3 Å². The number of esters is 2. The predicted octanol–water partition coefficient (Wildman–Crippen LogP) is 7.08. The number of hydrogen-bond acceptors (Lipinski definition) is 7. The van der Waals surface area contributed by atoms with Gasteiger partial charge in [0.25, 0.3) is 0 Å². The third-order valence-corrected chi connectivity index (χ3v) is 10.3. The Balaban J connectivity index is 1.97. The number of amides is 1. The van der Waals surface area contributed by atoms with Gasteiger partial charge in [0.05, 0.1) is 12.5 Å². The van der Waals surface area contributed by atoms with Crippen LogP contribution in [0.3, 0.4) is 0 Å². The molecular formula is C36H50N2O6Si. The first-order chi connectivity index (χ1) is 21.3. The first-order valence-electron chi connectivity index (χ1n) is 16.1. The van der Waals surface area contributed by atoms with Gasteiger partial charge in [-0.1, -0.05) is 86.4 Å². The zero-order chi connectivity index (χ0) is 32.8. The normalized spacial score (nSPS) is 23.5. The van der Waals surface area contributed by atoms with E-state index in [1.54, 1.807) is 26.8 Å². The number of carbonyl (C=O) groups is 3. The van der Waals surface area contributed by atoms with Gasteiger partial charge >= 0.3 is 18.0 Å². The molecule has 0 aromatic heterocycles. The van der Waals surface area contributed by atoms with Gasteiger partial charge in [0.15, 0.2) is 11.6 Å².